The van der Waals surface area contributed by atoms with Gasteiger partial charge >= 0.3 is 0 Å². The molecular weight excluding hydrogens is 1780 g/mol. The Bertz CT molecular complexity index is 12500. The first-order chi connectivity index (χ1) is 82.9. The van der Waals surface area contributed by atoms with Gasteiger partial charge in [-0.2, -0.15) is 0 Å². The molecule has 3 aromatic heterocycles. The quantitative estimate of drug-likeness (QED) is 0.112. The van der Waals surface area contributed by atoms with E-state index in [0.29, 0.717) is 116 Å². The Hall–Kier alpha value is -19.3. The van der Waals surface area contributed by atoms with Crippen LogP contribution in [0.5, 0.6) is 0 Å². The number of hydrogen-bond donors (Lipinski definition) is 0. The van der Waals surface area contributed by atoms with Gasteiger partial charge in [-0.05, 0) is 283 Å². The van der Waals surface area contributed by atoms with Crippen LogP contribution in [0.25, 0.3) is 316 Å². The van der Waals surface area contributed by atoms with E-state index in [-0.39, 0.29) is 137 Å². The van der Waals surface area contributed by atoms with Crippen molar-refractivity contribution in [3.05, 3.63) is 521 Å². The minimum absolute atomic E-state index is 0.163. The normalized spacial score (nSPS) is 14.2. The molecule has 29 aromatic carbocycles. The molecule has 0 bridgehead atoms. The molecule has 0 saturated heterocycles. The first-order valence-corrected chi connectivity index (χ1v) is 48.8. The van der Waals surface area contributed by atoms with E-state index in [9.17, 15) is 16.4 Å². The van der Waals surface area contributed by atoms with Crippen LogP contribution < -0.4 is 0 Å². The zero-order valence-corrected chi connectivity index (χ0v) is 78.0. The van der Waals surface area contributed by atoms with Crippen LogP contribution in [0.3, 0.4) is 0 Å². The molecule has 0 amide bonds. The summed E-state index contributed by atoms with van der Waals surface area (Å²) in [5, 5.41) is 24.9. The predicted octanol–water partition coefficient (Wildman–Crippen LogP) is 41.4. The van der Waals surface area contributed by atoms with Crippen molar-refractivity contribution in [1.82, 2.24) is 0 Å². The Morgan fingerprint density at radius 2 is 0.361 bits per heavy atom. The van der Waals surface area contributed by atoms with E-state index in [1.165, 1.54) is 0 Å². The third kappa shape index (κ3) is 13.2. The van der Waals surface area contributed by atoms with Crippen LogP contribution in [-0.4, -0.2) is 0 Å². The molecule has 32 aromatic rings. The van der Waals surface area contributed by atoms with Crippen molar-refractivity contribution in [2.45, 2.75) is 0 Å². The fourth-order valence-corrected chi connectivity index (χ4v) is 23.2. The third-order valence-corrected chi connectivity index (χ3v) is 29.7. The molecular formula is C144H86O3. The molecule has 0 radical (unpaired) electrons. The number of hydrogen-bond acceptors (Lipinski definition) is 3. The zero-order valence-electron chi connectivity index (χ0n) is 102. The molecule has 147 heavy (non-hydrogen) atoms. The van der Waals surface area contributed by atoms with Crippen molar-refractivity contribution in [1.29, 1.82) is 0 Å². The van der Waals surface area contributed by atoms with Gasteiger partial charge in [-0.25, -0.2) is 0 Å². The lowest BCUT2D eigenvalue weighted by Gasteiger charge is -2.18. The van der Waals surface area contributed by atoms with Gasteiger partial charge in [-0.1, -0.05) is 473 Å². The molecule has 0 atom stereocenters. The molecule has 3 heterocycles. The predicted molar refractivity (Wildman–Crippen MR) is 627 cm³/mol. The Balaban J connectivity index is 0.000000113. The molecule has 3 heteroatoms. The minimum atomic E-state index is -0.441. The summed E-state index contributed by atoms with van der Waals surface area (Å²) >= 11 is 0. The molecule has 0 unspecified atom stereocenters. The summed E-state index contributed by atoms with van der Waals surface area (Å²) < 4.78 is 240. The average molecular weight is 1890 g/mol. The van der Waals surface area contributed by atoms with Crippen molar-refractivity contribution in [2.24, 2.45) is 0 Å². The van der Waals surface area contributed by atoms with Crippen LogP contribution in [0.15, 0.2) is 534 Å². The molecule has 0 aliphatic rings. The topological polar surface area (TPSA) is 39.4 Å². The SMILES string of the molecule is [2H]c1c([2H])c([2H])c2c(-c3cccc4oc5c6ccccc6ccc5c34)c3c([2H])c([2H])c([2H])c([2H])c3c(-c3ccc(-c4cc5ccccc5c5ccccc45)cc3)c2c1[2H].[2H]c1c([2H])c([2H])c2c(-c3cccc4oc5c6ccccc6ccc5c34)c3c([2H])c([2H])c([2H])c([2H])c3c(-c3ccc(-c4cccc5c4ccc4ccccc45)cc3)c2c1[2H].[2H]c1c([2H])c([2H])c2c(-c3cccc4oc5c6ccccc6ccc5c34)c3c([2H])c([2H])c([2H])c([2H])c3c(-c3ccc4ccc5ccccc5c4c3)c2c1[2H]. The highest BCUT2D eigenvalue weighted by Gasteiger charge is 2.28. The summed E-state index contributed by atoms with van der Waals surface area (Å²) in [6.45, 7) is 0. The van der Waals surface area contributed by atoms with E-state index < -0.39 is 72.5 Å². The third-order valence-electron chi connectivity index (χ3n) is 29.7. The Kier molecular flexibility index (Phi) is 14.4. The van der Waals surface area contributed by atoms with Crippen molar-refractivity contribution in [3.8, 4) is 89.0 Å². The molecule has 0 fully saturated rings. The second-order valence-electron chi connectivity index (χ2n) is 37.3. The molecule has 0 aliphatic carbocycles. The van der Waals surface area contributed by atoms with E-state index in [2.05, 4.69) is 66.7 Å². The van der Waals surface area contributed by atoms with Crippen LogP contribution in [0, 0.1) is 0 Å². The maximum atomic E-state index is 9.50. The van der Waals surface area contributed by atoms with Crippen LogP contribution in [0.4, 0.5) is 0 Å². The molecule has 0 spiro atoms. The lowest BCUT2D eigenvalue weighted by Crippen LogP contribution is -1.91. The monoisotopic (exact) mass is 1890 g/mol. The number of benzene rings is 29. The number of furan rings is 3. The van der Waals surface area contributed by atoms with Crippen LogP contribution in [-0.2, 0) is 0 Å². The molecule has 3 nitrogen and oxygen atoms in total. The van der Waals surface area contributed by atoms with Gasteiger partial charge in [0.15, 0.2) is 0 Å². The van der Waals surface area contributed by atoms with Gasteiger partial charge in [0.25, 0.3) is 0 Å². The van der Waals surface area contributed by atoms with Crippen LogP contribution in [0.2, 0.25) is 0 Å². The molecule has 32 rings (SSSR count). The summed E-state index contributed by atoms with van der Waals surface area (Å²) in [6, 6.07) is 114. The largest absolute Gasteiger partial charge is 0.455 e. The van der Waals surface area contributed by atoms with Crippen molar-refractivity contribution in [3.63, 3.8) is 0 Å². The van der Waals surface area contributed by atoms with Crippen molar-refractivity contribution < 1.29 is 46.1 Å². The fourth-order valence-electron chi connectivity index (χ4n) is 23.2. The summed E-state index contributed by atoms with van der Waals surface area (Å²) in [5.74, 6) is 0. The highest BCUT2D eigenvalue weighted by molar-refractivity contribution is 6.33. The molecule has 680 valence electrons. The Morgan fingerprint density at radius 1 is 0.129 bits per heavy atom. The minimum Gasteiger partial charge on any atom is -0.455 e. The van der Waals surface area contributed by atoms with Crippen molar-refractivity contribution >= 4 is 227 Å². The Labute approximate surface area is 878 Å². The van der Waals surface area contributed by atoms with E-state index >= 15 is 0 Å². The first kappa shape index (κ1) is 62.8. The van der Waals surface area contributed by atoms with Gasteiger partial charge in [0.2, 0.25) is 0 Å². The van der Waals surface area contributed by atoms with E-state index in [1.54, 1.807) is 18.2 Å². The van der Waals surface area contributed by atoms with E-state index in [4.69, 9.17) is 29.7 Å². The Morgan fingerprint density at radius 3 is 0.735 bits per heavy atom. The zero-order chi connectivity index (χ0) is 117. The second kappa shape index (κ2) is 33.7. The average Bonchev–Trinajstić information content (AvgIpc) is 1.66. The standard InChI is InChI=1S/2C50H30O.C44H26O/c1-4-15-36-31(12-1)28-29-44-49-43(22-11-23-46(49)51-50(36)44)48-41-20-9-7-18-39(41)47(40-19-8-10-21-42(40)48)33-26-24-32(25-27-33)45-30-34-13-2-3-14-35(34)37-16-5-6-17-38(37)45;1-3-13-35-31(11-1)27-29-39-36(19-9-20-38(35)39)33-23-25-34(26-24-33)47-40-15-5-7-17-42(40)48(43-18-8-6-16-41(43)47)44-21-10-22-46-49(44)45-30-28-32-12-2-4-14-37(32)50(45)51-46;1-3-12-31-27(10-1)20-21-29-22-23-30(26-39(29)31)41-33-14-5-7-16-35(33)42(36-17-8-6-15-34(36)41)37-18-9-19-40-43(37)38-25-24-28-11-2-4-13-32(28)44(38)45-40/h2*1-30H;1-26H/i7D,8D,9D,10D,18D,19D,20D,21D;5D,6D,7D,8D,15D,16D,17D,18D;5D,6D,7D,8D,14D,15D,16D,17D. The van der Waals surface area contributed by atoms with Gasteiger partial charge < -0.3 is 13.3 Å². The summed E-state index contributed by atoms with van der Waals surface area (Å²) in [4.78, 5) is 0. The fraction of sp³-hybridized carbons (Fsp3) is 0. The number of fused-ring (bicyclic) bond motifs is 30. The van der Waals surface area contributed by atoms with Gasteiger partial charge in [0.05, 0.1) is 32.9 Å². The maximum absolute atomic E-state index is 9.50. The number of rotatable bonds is 8. The first-order valence-electron chi connectivity index (χ1n) is 60.8. The maximum Gasteiger partial charge on any atom is 0.143 e. The van der Waals surface area contributed by atoms with Crippen molar-refractivity contribution in [2.75, 3.05) is 0 Å². The van der Waals surface area contributed by atoms with Gasteiger partial charge in [-0.15, -0.1) is 0 Å². The van der Waals surface area contributed by atoms with Gasteiger partial charge in [-0.3, -0.25) is 0 Å². The summed E-state index contributed by atoms with van der Waals surface area (Å²) in [5.41, 5.74) is 12.6. The molecule has 0 N–H and O–H groups in total. The smallest absolute Gasteiger partial charge is 0.143 e. The lowest BCUT2D eigenvalue weighted by molar-refractivity contribution is 0.672. The van der Waals surface area contributed by atoms with E-state index in [1.807, 2.05) is 291 Å². The van der Waals surface area contributed by atoms with Gasteiger partial charge in [0.1, 0.15) is 33.5 Å². The molecule has 0 saturated carbocycles. The van der Waals surface area contributed by atoms with Crippen LogP contribution >= 0.6 is 0 Å². The highest BCUT2D eigenvalue weighted by Crippen LogP contribution is 2.54. The van der Waals surface area contributed by atoms with E-state index in [0.717, 1.165) is 135 Å². The highest BCUT2D eigenvalue weighted by atomic mass is 16.3. The van der Waals surface area contributed by atoms with Crippen LogP contribution in [0.1, 0.15) is 32.9 Å². The summed E-state index contributed by atoms with van der Waals surface area (Å²) in [7, 11) is 0. The summed E-state index contributed by atoms with van der Waals surface area (Å²) in [6.07, 6.45) is 0. The molecule has 0 aliphatic heterocycles. The second-order valence-corrected chi connectivity index (χ2v) is 37.3. The van der Waals surface area contributed by atoms with Gasteiger partial charge in [0, 0.05) is 48.5 Å². The lowest BCUT2D eigenvalue weighted by atomic mass is 9.84.